The monoisotopic (exact) mass is 220 g/mol. The molecule has 0 saturated heterocycles. The molecule has 0 bridgehead atoms. The molecule has 0 aliphatic heterocycles. The van der Waals surface area contributed by atoms with Crippen LogP contribution in [0.5, 0.6) is 0 Å². The number of carbonyl (C=O) groups is 1. The number of carbonyl (C=O) groups excluding carboxylic acids is 1. The van der Waals surface area contributed by atoms with Crippen LogP contribution in [0.4, 0.5) is 10.1 Å². The molecule has 4 nitrogen and oxygen atoms in total. The third kappa shape index (κ3) is 4.04. The van der Waals surface area contributed by atoms with Gasteiger partial charge in [0, 0.05) is 5.69 Å². The predicted octanol–water partition coefficient (Wildman–Crippen LogP) is 1.55. The van der Waals surface area contributed by atoms with E-state index in [9.17, 15) is 4.39 Å². The molecule has 0 aliphatic carbocycles. The normalized spacial score (nSPS) is 8.57. The van der Waals surface area contributed by atoms with Gasteiger partial charge in [0.1, 0.15) is 0 Å². The molecule has 0 aromatic carbocycles. The Morgan fingerprint density at radius 1 is 1.71 bits per heavy atom. The number of anilines is 1. The van der Waals surface area contributed by atoms with Crippen LogP contribution in [0.25, 0.3) is 0 Å². The zero-order valence-corrected chi connectivity index (χ0v) is 8.51. The van der Waals surface area contributed by atoms with E-state index in [1.807, 2.05) is 0 Å². The van der Waals surface area contributed by atoms with E-state index in [2.05, 4.69) is 9.72 Å². The van der Waals surface area contributed by atoms with Gasteiger partial charge in [0.15, 0.2) is 11.0 Å². The van der Waals surface area contributed by atoms with Crippen molar-refractivity contribution in [1.29, 1.82) is 0 Å². The van der Waals surface area contributed by atoms with E-state index in [-0.39, 0.29) is 10.8 Å². The Bertz CT molecular complexity index is 297. The Hall–Kier alpha value is -1.36. The van der Waals surface area contributed by atoms with Gasteiger partial charge in [0.05, 0.1) is 12.8 Å². The van der Waals surface area contributed by atoms with Crippen molar-refractivity contribution in [3.05, 3.63) is 22.7 Å². The second-order valence-electron chi connectivity index (χ2n) is 2.29. The van der Waals surface area contributed by atoms with Crippen LogP contribution in [0.1, 0.15) is 5.69 Å². The smallest absolute Gasteiger partial charge is 0.292 e. The number of rotatable bonds is 1. The lowest BCUT2D eigenvalue weighted by molar-refractivity contribution is -0.126. The second-order valence-corrected chi connectivity index (χ2v) is 2.65. The number of nitrogen functional groups attached to an aromatic ring is 1. The van der Waals surface area contributed by atoms with Crippen molar-refractivity contribution in [2.75, 3.05) is 12.8 Å². The number of pyridine rings is 1. The van der Waals surface area contributed by atoms with Gasteiger partial charge in [-0.1, -0.05) is 11.6 Å². The lowest BCUT2D eigenvalue weighted by Gasteiger charge is -1.98. The predicted molar refractivity (Wildman–Crippen MR) is 51.4 cm³/mol. The molecule has 2 N–H and O–H groups in total. The summed E-state index contributed by atoms with van der Waals surface area (Å²) in [6, 6.07) is 1.43. The average Bonchev–Trinajstić information content (AvgIpc) is 2.14. The summed E-state index contributed by atoms with van der Waals surface area (Å²) in [5, 5.41) is -0.169. The van der Waals surface area contributed by atoms with Gasteiger partial charge in [-0.3, -0.25) is 4.79 Å². The van der Waals surface area contributed by atoms with Crippen molar-refractivity contribution in [3.63, 3.8) is 0 Å². The Kier molecular flexibility index (Phi) is 5.55. The molecule has 0 radical (unpaired) electrons. The molecule has 0 unspecified atom stereocenters. The summed E-state index contributed by atoms with van der Waals surface area (Å²) in [5.74, 6) is -0.646. The highest BCUT2D eigenvalue weighted by atomic mass is 35.5. The zero-order valence-electron chi connectivity index (χ0n) is 7.75. The first-order chi connectivity index (χ1) is 6.52. The van der Waals surface area contributed by atoms with Crippen molar-refractivity contribution in [2.24, 2.45) is 0 Å². The van der Waals surface area contributed by atoms with Gasteiger partial charge in [0.25, 0.3) is 6.47 Å². The standard InChI is InChI=1S/C6H6ClFN2.C2H4O2/c1-3-2-4(9)5(8)6(7)10-3;1-4-2-3/h2H,1H3,(H2,9,10);2H,1H3. The summed E-state index contributed by atoms with van der Waals surface area (Å²) in [7, 11) is 1.31. The molecule has 14 heavy (non-hydrogen) atoms. The van der Waals surface area contributed by atoms with Gasteiger partial charge in [0.2, 0.25) is 0 Å². The SMILES string of the molecule is COC=O.Cc1cc(N)c(F)c(Cl)n1. The van der Waals surface area contributed by atoms with Crippen molar-refractivity contribution in [2.45, 2.75) is 6.92 Å². The Morgan fingerprint density at radius 3 is 2.57 bits per heavy atom. The fourth-order valence-electron chi connectivity index (χ4n) is 0.644. The molecule has 1 aromatic heterocycles. The fraction of sp³-hybridized carbons (Fsp3) is 0.250. The van der Waals surface area contributed by atoms with Crippen LogP contribution in [-0.4, -0.2) is 18.6 Å². The quantitative estimate of drug-likeness (QED) is 0.576. The molecule has 0 aliphatic rings. The molecule has 0 amide bonds. The number of aryl methyl sites for hydroxylation is 1. The summed E-state index contributed by atoms with van der Waals surface area (Å²) in [6.45, 7) is 2.07. The molecule has 0 spiro atoms. The van der Waals surface area contributed by atoms with Crippen LogP contribution in [0.3, 0.4) is 0 Å². The number of hydrogen-bond donors (Lipinski definition) is 1. The van der Waals surface area contributed by atoms with Gasteiger partial charge >= 0.3 is 0 Å². The number of halogens is 2. The van der Waals surface area contributed by atoms with Crippen LogP contribution in [0.15, 0.2) is 6.07 Å². The van der Waals surface area contributed by atoms with Crippen molar-refractivity contribution in [1.82, 2.24) is 4.98 Å². The first-order valence-corrected chi connectivity index (χ1v) is 3.95. The molecule has 1 heterocycles. The van der Waals surface area contributed by atoms with Gasteiger partial charge < -0.3 is 10.5 Å². The molecular weight excluding hydrogens is 211 g/mol. The minimum atomic E-state index is -0.646. The number of nitrogens with two attached hydrogens (primary N) is 1. The van der Waals surface area contributed by atoms with E-state index < -0.39 is 5.82 Å². The number of hydrogen-bond acceptors (Lipinski definition) is 4. The lowest BCUT2D eigenvalue weighted by Crippen LogP contribution is -1.95. The largest absolute Gasteiger partial charge is 0.471 e. The van der Waals surface area contributed by atoms with Gasteiger partial charge in [-0.15, -0.1) is 0 Å². The fourth-order valence-corrected chi connectivity index (χ4v) is 0.886. The summed E-state index contributed by atoms with van der Waals surface area (Å²) < 4.78 is 16.5. The van der Waals surface area contributed by atoms with E-state index >= 15 is 0 Å². The molecule has 0 saturated carbocycles. The maximum Gasteiger partial charge on any atom is 0.292 e. The van der Waals surface area contributed by atoms with Crippen LogP contribution in [0, 0.1) is 12.7 Å². The summed E-state index contributed by atoms with van der Waals surface area (Å²) in [4.78, 5) is 12.6. The van der Waals surface area contributed by atoms with E-state index in [0.717, 1.165) is 0 Å². The lowest BCUT2D eigenvalue weighted by atomic mass is 10.3. The molecule has 78 valence electrons. The van der Waals surface area contributed by atoms with Crippen molar-refractivity contribution < 1.29 is 13.9 Å². The van der Waals surface area contributed by atoms with Gasteiger partial charge in [-0.2, -0.15) is 0 Å². The maximum absolute atomic E-state index is 12.6. The number of ether oxygens (including phenoxy) is 1. The second kappa shape index (κ2) is 6.15. The topological polar surface area (TPSA) is 65.2 Å². The number of aromatic nitrogens is 1. The number of nitrogens with zero attached hydrogens (tertiary/aromatic N) is 1. The van der Waals surface area contributed by atoms with Crippen molar-refractivity contribution in [3.8, 4) is 0 Å². The Morgan fingerprint density at radius 2 is 2.21 bits per heavy atom. The Balaban J connectivity index is 0.000000364. The van der Waals surface area contributed by atoms with Crippen LogP contribution in [-0.2, 0) is 9.53 Å². The number of methoxy groups -OCH3 is 1. The van der Waals surface area contributed by atoms with E-state index in [1.165, 1.54) is 13.2 Å². The molecule has 6 heteroatoms. The first kappa shape index (κ1) is 12.6. The average molecular weight is 221 g/mol. The third-order valence-corrected chi connectivity index (χ3v) is 1.42. The molecule has 1 aromatic rings. The minimum Gasteiger partial charge on any atom is -0.471 e. The summed E-state index contributed by atoms with van der Waals surface area (Å²) in [6.07, 6.45) is 0. The molecule has 1 rings (SSSR count). The van der Waals surface area contributed by atoms with Crippen molar-refractivity contribution >= 4 is 23.8 Å². The maximum atomic E-state index is 12.6. The molecular formula is C8H10ClFN2O2. The zero-order chi connectivity index (χ0) is 11.1. The van der Waals surface area contributed by atoms with Gasteiger partial charge in [-0.05, 0) is 13.0 Å². The summed E-state index contributed by atoms with van der Waals surface area (Å²) >= 11 is 5.35. The van der Waals surface area contributed by atoms with Crippen LogP contribution >= 0.6 is 11.6 Å². The molecule has 0 atom stereocenters. The van der Waals surface area contributed by atoms with Gasteiger partial charge in [-0.25, -0.2) is 9.37 Å². The first-order valence-electron chi connectivity index (χ1n) is 3.57. The van der Waals surface area contributed by atoms with Crippen LogP contribution in [0.2, 0.25) is 5.15 Å². The van der Waals surface area contributed by atoms with E-state index in [0.29, 0.717) is 12.2 Å². The highest BCUT2D eigenvalue weighted by Crippen LogP contribution is 2.18. The highest BCUT2D eigenvalue weighted by molar-refractivity contribution is 6.29. The van der Waals surface area contributed by atoms with Crippen LogP contribution < -0.4 is 5.73 Å². The third-order valence-electron chi connectivity index (χ3n) is 1.17. The van der Waals surface area contributed by atoms with E-state index in [4.69, 9.17) is 22.1 Å². The molecule has 0 fully saturated rings. The summed E-state index contributed by atoms with van der Waals surface area (Å²) in [5.41, 5.74) is 5.88. The Labute approximate surface area is 85.8 Å². The highest BCUT2D eigenvalue weighted by Gasteiger charge is 2.04. The minimum absolute atomic E-state index is 0.0394. The van der Waals surface area contributed by atoms with E-state index in [1.54, 1.807) is 6.92 Å².